The molecule has 1 aliphatic rings. The molecule has 0 heterocycles. The molecule has 0 aromatic rings. The van der Waals surface area contributed by atoms with Crippen LogP contribution >= 0.6 is 0 Å². The van der Waals surface area contributed by atoms with Crippen molar-refractivity contribution < 1.29 is 0 Å². The van der Waals surface area contributed by atoms with Crippen molar-refractivity contribution in [3.05, 3.63) is 18.1 Å². The van der Waals surface area contributed by atoms with E-state index >= 15 is 0 Å². The molecule has 0 unspecified atom stereocenters. The van der Waals surface area contributed by atoms with Crippen LogP contribution < -0.4 is 0 Å². The van der Waals surface area contributed by atoms with Crippen LogP contribution in [0.3, 0.4) is 0 Å². The van der Waals surface area contributed by atoms with E-state index in [1.165, 1.54) is 12.8 Å². The van der Waals surface area contributed by atoms with Gasteiger partial charge in [-0.25, -0.2) is 0 Å². The monoisotopic (exact) mass is 109 g/mol. The molecule has 0 aromatic carbocycles. The first-order valence-corrected chi connectivity index (χ1v) is 3.30. The summed E-state index contributed by atoms with van der Waals surface area (Å²) in [7, 11) is 0. The smallest absolute Gasteiger partial charge is 0.0141 e. The molecule has 1 aliphatic carbocycles. The molecule has 0 N–H and O–H groups in total. The Labute approximate surface area is 51.6 Å². The Bertz CT molecular complexity index is 82.2. The highest BCUT2D eigenvalue weighted by molar-refractivity contribution is 5.12. The van der Waals surface area contributed by atoms with Gasteiger partial charge in [0, 0.05) is 0 Å². The van der Waals surface area contributed by atoms with Crippen LogP contribution in [0.2, 0.25) is 0 Å². The average molecular weight is 109 g/mol. The van der Waals surface area contributed by atoms with E-state index < -0.39 is 0 Å². The molecule has 0 bridgehead atoms. The van der Waals surface area contributed by atoms with Crippen molar-refractivity contribution in [3.8, 4) is 0 Å². The Kier molecular flexibility index (Phi) is 1.72. The van der Waals surface area contributed by atoms with Gasteiger partial charge in [-0.3, -0.25) is 0 Å². The van der Waals surface area contributed by atoms with E-state index in [-0.39, 0.29) is 0 Å². The molecule has 0 aromatic heterocycles. The van der Waals surface area contributed by atoms with Gasteiger partial charge in [0.25, 0.3) is 0 Å². The van der Waals surface area contributed by atoms with Crippen molar-refractivity contribution in [3.63, 3.8) is 0 Å². The van der Waals surface area contributed by atoms with Crippen LogP contribution in [-0.2, 0) is 0 Å². The van der Waals surface area contributed by atoms with Crippen LogP contribution in [0.4, 0.5) is 0 Å². The highest BCUT2D eigenvalue weighted by Crippen LogP contribution is 2.27. The summed E-state index contributed by atoms with van der Waals surface area (Å²) in [5, 5.41) is 0. The van der Waals surface area contributed by atoms with Crippen LogP contribution in [0, 0.1) is 11.8 Å². The third-order valence-electron chi connectivity index (χ3n) is 1.74. The van der Waals surface area contributed by atoms with E-state index in [0.717, 1.165) is 5.92 Å². The third-order valence-corrected chi connectivity index (χ3v) is 1.74. The van der Waals surface area contributed by atoms with Crippen molar-refractivity contribution >= 4 is 0 Å². The Morgan fingerprint density at radius 1 is 1.25 bits per heavy atom. The summed E-state index contributed by atoms with van der Waals surface area (Å²) in [5.74, 6) is 2.48. The van der Waals surface area contributed by atoms with Crippen molar-refractivity contribution in [2.45, 2.75) is 26.7 Å². The average Bonchev–Trinajstić information content (AvgIpc) is 2.12. The molecule has 0 heteroatoms. The van der Waals surface area contributed by atoms with Gasteiger partial charge in [0.05, 0.1) is 0 Å². The van der Waals surface area contributed by atoms with Gasteiger partial charge >= 0.3 is 0 Å². The summed E-state index contributed by atoms with van der Waals surface area (Å²) in [5.41, 5.74) is 0. The Balaban J connectivity index is 2.29. The van der Waals surface area contributed by atoms with Crippen molar-refractivity contribution in [2.24, 2.45) is 5.92 Å². The summed E-state index contributed by atoms with van der Waals surface area (Å²) >= 11 is 0. The second-order valence-corrected chi connectivity index (χ2v) is 2.69. The van der Waals surface area contributed by atoms with Gasteiger partial charge in [-0.05, 0) is 24.7 Å². The van der Waals surface area contributed by atoms with Gasteiger partial charge in [-0.15, -0.1) is 0 Å². The topological polar surface area (TPSA) is 0 Å². The third kappa shape index (κ3) is 1.12. The summed E-state index contributed by atoms with van der Waals surface area (Å²) < 4.78 is 0. The fraction of sp³-hybridized carbons (Fsp3) is 0.625. The lowest BCUT2D eigenvalue weighted by molar-refractivity contribution is 0.631. The lowest BCUT2D eigenvalue weighted by atomic mass is 9.94. The maximum absolute atomic E-state index is 2.27. The largest absolute Gasteiger partial charge is 0.0879 e. The van der Waals surface area contributed by atoms with Crippen molar-refractivity contribution in [1.29, 1.82) is 0 Å². The van der Waals surface area contributed by atoms with Crippen LogP contribution in [0.1, 0.15) is 26.7 Å². The molecule has 0 atom stereocenters. The first kappa shape index (κ1) is 5.87. The predicted octanol–water partition coefficient (Wildman–Crippen LogP) is 2.57. The molecule has 0 aliphatic heterocycles. The van der Waals surface area contributed by atoms with Gasteiger partial charge in [-0.2, -0.15) is 0 Å². The maximum atomic E-state index is 2.27. The van der Waals surface area contributed by atoms with Crippen LogP contribution in [0.15, 0.2) is 12.2 Å². The van der Waals surface area contributed by atoms with Crippen molar-refractivity contribution in [2.75, 3.05) is 0 Å². The molecule has 0 saturated heterocycles. The van der Waals surface area contributed by atoms with E-state index in [2.05, 4.69) is 26.0 Å². The second-order valence-electron chi connectivity index (χ2n) is 2.69. The molecular formula is C8H13. The summed E-state index contributed by atoms with van der Waals surface area (Å²) in [6.45, 7) is 4.53. The highest BCUT2D eigenvalue weighted by atomic mass is 14.2. The zero-order chi connectivity index (χ0) is 5.98. The summed E-state index contributed by atoms with van der Waals surface area (Å²) in [6.07, 6.45) is 6.99. The number of hydrogen-bond donors (Lipinski definition) is 0. The zero-order valence-electron chi connectivity index (χ0n) is 5.65. The first-order valence-electron chi connectivity index (χ1n) is 3.30. The zero-order valence-corrected chi connectivity index (χ0v) is 5.65. The Hall–Kier alpha value is -0.260. The fourth-order valence-electron chi connectivity index (χ4n) is 1.02. The molecule has 1 rings (SSSR count). The maximum Gasteiger partial charge on any atom is -0.0141 e. The van der Waals surface area contributed by atoms with E-state index in [4.69, 9.17) is 0 Å². The standard InChI is InChI=1S/C8H13/c1-7(2)8-5-3-4-6-8/h3-4,7H,5-6H2,1-2H3. The normalized spacial score (nSPS) is 20.9. The quantitative estimate of drug-likeness (QED) is 0.454. The van der Waals surface area contributed by atoms with Gasteiger partial charge in [-0.1, -0.05) is 26.0 Å². The molecule has 0 saturated carbocycles. The minimum Gasteiger partial charge on any atom is -0.0879 e. The minimum absolute atomic E-state index is 0.796. The SMILES string of the molecule is CC(C)[C]1CC=CC1. The molecule has 45 valence electrons. The Morgan fingerprint density at radius 3 is 2.00 bits per heavy atom. The van der Waals surface area contributed by atoms with E-state index in [1.807, 2.05) is 0 Å². The summed E-state index contributed by atoms with van der Waals surface area (Å²) in [6, 6.07) is 0. The molecule has 0 fully saturated rings. The number of rotatable bonds is 1. The van der Waals surface area contributed by atoms with Crippen LogP contribution in [0.25, 0.3) is 0 Å². The van der Waals surface area contributed by atoms with E-state index in [9.17, 15) is 0 Å². The fourth-order valence-corrected chi connectivity index (χ4v) is 1.02. The lowest BCUT2D eigenvalue weighted by Gasteiger charge is -2.10. The van der Waals surface area contributed by atoms with Crippen LogP contribution in [0.5, 0.6) is 0 Å². The number of allylic oxidation sites excluding steroid dienone is 2. The Morgan fingerprint density at radius 2 is 1.75 bits per heavy atom. The molecular weight excluding hydrogens is 96.1 g/mol. The van der Waals surface area contributed by atoms with Crippen LogP contribution in [-0.4, -0.2) is 0 Å². The van der Waals surface area contributed by atoms with Gasteiger partial charge in [0.15, 0.2) is 0 Å². The highest BCUT2D eigenvalue weighted by Gasteiger charge is 2.13. The van der Waals surface area contributed by atoms with E-state index in [0.29, 0.717) is 0 Å². The molecule has 1 radical (unpaired) electrons. The molecule has 8 heavy (non-hydrogen) atoms. The molecule has 0 nitrogen and oxygen atoms in total. The van der Waals surface area contributed by atoms with Gasteiger partial charge < -0.3 is 0 Å². The van der Waals surface area contributed by atoms with Gasteiger partial charge in [0.1, 0.15) is 0 Å². The number of hydrogen-bond acceptors (Lipinski definition) is 0. The summed E-state index contributed by atoms with van der Waals surface area (Å²) in [4.78, 5) is 0. The van der Waals surface area contributed by atoms with Crippen molar-refractivity contribution in [1.82, 2.24) is 0 Å². The lowest BCUT2D eigenvalue weighted by Crippen LogP contribution is -1.99. The second kappa shape index (κ2) is 2.34. The minimum atomic E-state index is 0.796. The first-order chi connectivity index (χ1) is 3.80. The molecule has 0 spiro atoms. The van der Waals surface area contributed by atoms with Gasteiger partial charge in [0.2, 0.25) is 0 Å². The molecule has 0 amide bonds. The predicted molar refractivity (Wildman–Crippen MR) is 36.5 cm³/mol. The van der Waals surface area contributed by atoms with E-state index in [1.54, 1.807) is 5.92 Å².